The molecule has 1 rings (SSSR count). The van der Waals surface area contributed by atoms with Gasteiger partial charge in [-0.2, -0.15) is 0 Å². The summed E-state index contributed by atoms with van der Waals surface area (Å²) in [5.74, 6) is 5.45. The van der Waals surface area contributed by atoms with Gasteiger partial charge in [0.1, 0.15) is 5.75 Å². The summed E-state index contributed by atoms with van der Waals surface area (Å²) in [6, 6.07) is 3.63. The van der Waals surface area contributed by atoms with Gasteiger partial charge in [-0.15, -0.1) is 0 Å². The highest BCUT2D eigenvalue weighted by molar-refractivity contribution is 6.32. The zero-order valence-corrected chi connectivity index (χ0v) is 11.8. The molecule has 1 atom stereocenters. The van der Waals surface area contributed by atoms with E-state index in [1.165, 1.54) is 0 Å². The lowest BCUT2D eigenvalue weighted by atomic mass is 10.1. The van der Waals surface area contributed by atoms with Crippen LogP contribution in [0.1, 0.15) is 25.0 Å². The van der Waals surface area contributed by atoms with Crippen molar-refractivity contribution >= 4 is 17.5 Å². The van der Waals surface area contributed by atoms with Crippen molar-refractivity contribution in [3.63, 3.8) is 0 Å². The van der Waals surface area contributed by atoms with Crippen LogP contribution < -0.4 is 16.0 Å². The maximum Gasteiger partial charge on any atom is 0.275 e. The third-order valence-electron chi connectivity index (χ3n) is 2.68. The lowest BCUT2D eigenvalue weighted by molar-refractivity contribution is -0.129. The van der Waals surface area contributed by atoms with Crippen LogP contribution in [-0.4, -0.2) is 12.0 Å². The number of halogens is 1. The summed E-state index contributed by atoms with van der Waals surface area (Å²) >= 11 is 6.08. The van der Waals surface area contributed by atoms with E-state index in [0.717, 1.165) is 11.1 Å². The predicted molar refractivity (Wildman–Crippen MR) is 72.5 cm³/mol. The Hall–Kier alpha value is -1.26. The van der Waals surface area contributed by atoms with Gasteiger partial charge >= 0.3 is 0 Å². The highest BCUT2D eigenvalue weighted by Gasteiger charge is 2.23. The molecule has 0 fully saturated rings. The van der Waals surface area contributed by atoms with Crippen molar-refractivity contribution in [3.05, 3.63) is 28.3 Å². The summed E-state index contributed by atoms with van der Waals surface area (Å²) < 4.78 is 5.69. The fourth-order valence-corrected chi connectivity index (χ4v) is 1.80. The fourth-order valence-electron chi connectivity index (χ4n) is 1.70. The van der Waals surface area contributed by atoms with Crippen LogP contribution in [0.4, 0.5) is 0 Å². The van der Waals surface area contributed by atoms with Crippen molar-refractivity contribution in [1.82, 2.24) is 5.43 Å². The van der Waals surface area contributed by atoms with E-state index in [1.54, 1.807) is 0 Å². The Labute approximate surface area is 112 Å². The normalized spacial score (nSPS) is 12.4. The second-order valence-corrected chi connectivity index (χ2v) is 5.04. The molecule has 0 aliphatic carbocycles. The first kappa shape index (κ1) is 14.8. The third kappa shape index (κ3) is 3.37. The molecule has 18 heavy (non-hydrogen) atoms. The van der Waals surface area contributed by atoms with E-state index < -0.39 is 6.10 Å². The molecule has 0 aliphatic heterocycles. The Morgan fingerprint density at radius 1 is 1.33 bits per heavy atom. The molecule has 0 spiro atoms. The summed E-state index contributed by atoms with van der Waals surface area (Å²) in [5.41, 5.74) is 3.95. The van der Waals surface area contributed by atoms with Crippen molar-refractivity contribution in [1.29, 1.82) is 0 Å². The number of amides is 1. The van der Waals surface area contributed by atoms with Crippen LogP contribution in [-0.2, 0) is 4.79 Å². The maximum atomic E-state index is 11.6. The number of aryl methyl sites for hydroxylation is 2. The number of hydrogen-bond acceptors (Lipinski definition) is 3. The average molecular weight is 271 g/mol. The van der Waals surface area contributed by atoms with E-state index >= 15 is 0 Å². The number of nitrogens with two attached hydrogens (primary N) is 1. The van der Waals surface area contributed by atoms with Gasteiger partial charge in [0.2, 0.25) is 0 Å². The van der Waals surface area contributed by atoms with E-state index in [9.17, 15) is 4.79 Å². The molecule has 0 aromatic heterocycles. The Morgan fingerprint density at radius 2 is 1.83 bits per heavy atom. The summed E-state index contributed by atoms with van der Waals surface area (Å²) in [7, 11) is 0. The number of ether oxygens (including phenoxy) is 1. The minimum absolute atomic E-state index is 0.0184. The van der Waals surface area contributed by atoms with Gasteiger partial charge < -0.3 is 4.74 Å². The van der Waals surface area contributed by atoms with E-state index in [1.807, 2.05) is 39.8 Å². The highest BCUT2D eigenvalue weighted by atomic mass is 35.5. The van der Waals surface area contributed by atoms with E-state index in [0.29, 0.717) is 10.8 Å². The first-order valence-corrected chi connectivity index (χ1v) is 6.18. The summed E-state index contributed by atoms with van der Waals surface area (Å²) in [6.07, 6.45) is -0.616. The third-order valence-corrected chi connectivity index (χ3v) is 3.28. The summed E-state index contributed by atoms with van der Waals surface area (Å²) in [4.78, 5) is 11.6. The summed E-state index contributed by atoms with van der Waals surface area (Å²) in [6.45, 7) is 7.59. The van der Waals surface area contributed by atoms with Gasteiger partial charge in [-0.1, -0.05) is 25.4 Å². The molecule has 100 valence electrons. The van der Waals surface area contributed by atoms with Crippen LogP contribution in [0.5, 0.6) is 5.75 Å². The molecule has 3 N–H and O–H groups in total. The SMILES string of the molecule is Cc1cc(OC(C(=O)NN)C(C)C)cc(C)c1Cl. The predicted octanol–water partition coefficient (Wildman–Crippen LogP) is 2.35. The standard InChI is InChI=1S/C13H19ClN2O2/c1-7(2)12(13(17)16-15)18-10-5-8(3)11(14)9(4)6-10/h5-7,12H,15H2,1-4H3,(H,16,17). The average Bonchev–Trinajstić information content (AvgIpc) is 2.31. The lowest BCUT2D eigenvalue weighted by Crippen LogP contribution is -2.44. The first-order chi connectivity index (χ1) is 8.36. The molecule has 0 saturated carbocycles. The molecule has 0 saturated heterocycles. The van der Waals surface area contributed by atoms with Crippen molar-refractivity contribution in [2.45, 2.75) is 33.8 Å². The number of hydrogen-bond donors (Lipinski definition) is 2. The van der Waals surface area contributed by atoms with Crippen molar-refractivity contribution < 1.29 is 9.53 Å². The second-order valence-electron chi connectivity index (χ2n) is 4.66. The largest absolute Gasteiger partial charge is 0.480 e. The first-order valence-electron chi connectivity index (χ1n) is 5.80. The van der Waals surface area contributed by atoms with Gasteiger partial charge in [0.15, 0.2) is 6.10 Å². The van der Waals surface area contributed by atoms with Crippen LogP contribution in [0, 0.1) is 19.8 Å². The van der Waals surface area contributed by atoms with Crippen molar-refractivity contribution in [2.75, 3.05) is 0 Å². The van der Waals surface area contributed by atoms with E-state index in [-0.39, 0.29) is 11.8 Å². The van der Waals surface area contributed by atoms with Crippen LogP contribution in [0.25, 0.3) is 0 Å². The molecule has 4 nitrogen and oxygen atoms in total. The molecule has 0 radical (unpaired) electrons. The molecular formula is C13H19ClN2O2. The molecule has 1 amide bonds. The van der Waals surface area contributed by atoms with Crippen LogP contribution in [0.15, 0.2) is 12.1 Å². The molecule has 0 heterocycles. The topological polar surface area (TPSA) is 64.3 Å². The molecule has 5 heteroatoms. The zero-order valence-electron chi connectivity index (χ0n) is 11.1. The number of carbonyl (C=O) groups is 1. The monoisotopic (exact) mass is 270 g/mol. The van der Waals surface area contributed by atoms with Crippen LogP contribution in [0.2, 0.25) is 5.02 Å². The zero-order chi connectivity index (χ0) is 13.9. The van der Waals surface area contributed by atoms with Gasteiger partial charge in [-0.25, -0.2) is 5.84 Å². The Bertz CT molecular complexity index is 424. The van der Waals surface area contributed by atoms with Crippen LogP contribution >= 0.6 is 11.6 Å². The van der Waals surface area contributed by atoms with Gasteiger partial charge in [-0.3, -0.25) is 10.2 Å². The van der Waals surface area contributed by atoms with Crippen LogP contribution in [0.3, 0.4) is 0 Å². The second kappa shape index (κ2) is 6.07. The quantitative estimate of drug-likeness (QED) is 0.501. The molecule has 0 aliphatic rings. The lowest BCUT2D eigenvalue weighted by Gasteiger charge is -2.21. The Morgan fingerprint density at radius 3 is 2.22 bits per heavy atom. The molecule has 1 unspecified atom stereocenters. The van der Waals surface area contributed by atoms with Crippen molar-refractivity contribution in [3.8, 4) is 5.75 Å². The van der Waals surface area contributed by atoms with E-state index in [4.69, 9.17) is 22.2 Å². The number of hydrazine groups is 1. The molecular weight excluding hydrogens is 252 g/mol. The van der Waals surface area contributed by atoms with E-state index in [2.05, 4.69) is 5.43 Å². The van der Waals surface area contributed by atoms with Gasteiger partial charge in [0, 0.05) is 5.02 Å². The molecule has 1 aromatic rings. The van der Waals surface area contributed by atoms with Gasteiger partial charge in [0.25, 0.3) is 5.91 Å². The number of nitrogens with one attached hydrogen (secondary N) is 1. The minimum Gasteiger partial charge on any atom is -0.480 e. The fraction of sp³-hybridized carbons (Fsp3) is 0.462. The summed E-state index contributed by atoms with van der Waals surface area (Å²) in [5, 5.41) is 0.715. The highest BCUT2D eigenvalue weighted by Crippen LogP contribution is 2.27. The van der Waals surface area contributed by atoms with Gasteiger partial charge in [0.05, 0.1) is 0 Å². The van der Waals surface area contributed by atoms with Gasteiger partial charge in [-0.05, 0) is 43.0 Å². The number of rotatable bonds is 4. The maximum absolute atomic E-state index is 11.6. The smallest absolute Gasteiger partial charge is 0.275 e. The number of benzene rings is 1. The molecule has 1 aromatic carbocycles. The number of carbonyl (C=O) groups excluding carboxylic acids is 1. The Kier molecular flexibility index (Phi) is 4.99. The Balaban J connectivity index is 2.98. The molecule has 0 bridgehead atoms. The van der Waals surface area contributed by atoms with Crippen molar-refractivity contribution in [2.24, 2.45) is 11.8 Å². The minimum atomic E-state index is -0.616.